The Kier molecular flexibility index (Phi) is 5.30. The van der Waals surface area contributed by atoms with E-state index in [1.807, 2.05) is 0 Å². The molecule has 2 nitrogen and oxygen atoms in total. The van der Waals surface area contributed by atoms with E-state index in [1.165, 1.54) is 57.9 Å². The fourth-order valence-electron chi connectivity index (χ4n) is 4.47. The van der Waals surface area contributed by atoms with Gasteiger partial charge in [-0.15, -0.1) is 0 Å². The average molecular weight is 266 g/mol. The van der Waals surface area contributed by atoms with Crippen LogP contribution in [0, 0.1) is 11.8 Å². The molecule has 0 amide bonds. The van der Waals surface area contributed by atoms with E-state index in [1.54, 1.807) is 0 Å². The molecule has 2 N–H and O–H groups in total. The second-order valence-corrected chi connectivity index (χ2v) is 7.34. The van der Waals surface area contributed by atoms with Gasteiger partial charge in [0.1, 0.15) is 0 Å². The van der Waals surface area contributed by atoms with Gasteiger partial charge in [0.25, 0.3) is 0 Å². The van der Waals surface area contributed by atoms with Crippen molar-refractivity contribution in [2.24, 2.45) is 17.6 Å². The summed E-state index contributed by atoms with van der Waals surface area (Å²) in [6.45, 7) is 9.28. The summed E-state index contributed by atoms with van der Waals surface area (Å²) in [7, 11) is 0. The quantitative estimate of drug-likeness (QED) is 0.838. The molecule has 2 aliphatic rings. The van der Waals surface area contributed by atoms with Crippen molar-refractivity contribution in [1.82, 2.24) is 4.90 Å². The Labute approximate surface area is 120 Å². The minimum atomic E-state index is 0.332. The Morgan fingerprint density at radius 1 is 1.11 bits per heavy atom. The molecule has 0 aromatic heterocycles. The lowest BCUT2D eigenvalue weighted by Gasteiger charge is -2.53. The van der Waals surface area contributed by atoms with E-state index in [-0.39, 0.29) is 0 Å². The van der Waals surface area contributed by atoms with E-state index in [2.05, 4.69) is 25.7 Å². The molecule has 2 rings (SSSR count). The number of likely N-dealkylation sites (tertiary alicyclic amines) is 1. The predicted molar refractivity (Wildman–Crippen MR) is 83.2 cm³/mol. The first-order valence-electron chi connectivity index (χ1n) is 8.58. The highest BCUT2D eigenvalue weighted by molar-refractivity contribution is 4.99. The highest BCUT2D eigenvalue weighted by atomic mass is 15.2. The third-order valence-corrected chi connectivity index (χ3v) is 5.84. The minimum absolute atomic E-state index is 0.332. The molecule has 0 bridgehead atoms. The van der Waals surface area contributed by atoms with Gasteiger partial charge >= 0.3 is 0 Å². The van der Waals surface area contributed by atoms with Crippen molar-refractivity contribution < 1.29 is 0 Å². The van der Waals surface area contributed by atoms with Crippen molar-refractivity contribution in [3.05, 3.63) is 0 Å². The summed E-state index contributed by atoms with van der Waals surface area (Å²) in [6, 6.07) is 0.738. The summed E-state index contributed by atoms with van der Waals surface area (Å²) in [4.78, 5) is 2.79. The van der Waals surface area contributed by atoms with Crippen LogP contribution >= 0.6 is 0 Å². The summed E-state index contributed by atoms with van der Waals surface area (Å²) in [5, 5.41) is 0. The summed E-state index contributed by atoms with van der Waals surface area (Å²) < 4.78 is 0. The normalized spacial score (nSPS) is 41.4. The molecule has 19 heavy (non-hydrogen) atoms. The molecule has 0 aromatic rings. The highest BCUT2D eigenvalue weighted by Gasteiger charge is 2.42. The first-order chi connectivity index (χ1) is 9.11. The number of nitrogens with zero attached hydrogens (tertiary/aromatic N) is 1. The number of hydrogen-bond acceptors (Lipinski definition) is 2. The zero-order chi connectivity index (χ0) is 13.9. The fourth-order valence-corrected chi connectivity index (χ4v) is 4.47. The third-order valence-electron chi connectivity index (χ3n) is 5.84. The maximum absolute atomic E-state index is 6.25. The second kappa shape index (κ2) is 6.58. The maximum atomic E-state index is 6.25. The van der Waals surface area contributed by atoms with Crippen molar-refractivity contribution in [3.63, 3.8) is 0 Å². The molecule has 1 heterocycles. The maximum Gasteiger partial charge on any atom is 0.0334 e. The standard InChI is InChI=1S/C17H34N2/c1-4-5-16-8-10-17(13-18,11-9-16)19-12-14(2)6-7-15(19)3/h14-16H,4-13,18H2,1-3H3. The minimum Gasteiger partial charge on any atom is -0.329 e. The van der Waals surface area contributed by atoms with Gasteiger partial charge in [-0.3, -0.25) is 4.90 Å². The summed E-state index contributed by atoms with van der Waals surface area (Å²) in [6.07, 6.45) is 11.0. The van der Waals surface area contributed by atoms with Crippen LogP contribution in [0.25, 0.3) is 0 Å². The Hall–Kier alpha value is -0.0800. The molecule has 0 spiro atoms. The van der Waals surface area contributed by atoms with Gasteiger partial charge in [0.2, 0.25) is 0 Å². The van der Waals surface area contributed by atoms with Crippen LogP contribution < -0.4 is 5.73 Å². The average Bonchev–Trinajstić information content (AvgIpc) is 2.43. The van der Waals surface area contributed by atoms with Gasteiger partial charge in [-0.05, 0) is 57.3 Å². The van der Waals surface area contributed by atoms with Crippen molar-refractivity contribution in [1.29, 1.82) is 0 Å². The molecule has 1 aliphatic heterocycles. The van der Waals surface area contributed by atoms with Gasteiger partial charge in [-0.25, -0.2) is 0 Å². The number of nitrogens with two attached hydrogens (primary N) is 1. The molecule has 0 radical (unpaired) electrons. The zero-order valence-corrected chi connectivity index (χ0v) is 13.3. The van der Waals surface area contributed by atoms with Crippen LogP contribution in [0.2, 0.25) is 0 Å². The topological polar surface area (TPSA) is 29.3 Å². The van der Waals surface area contributed by atoms with Crippen molar-refractivity contribution in [2.75, 3.05) is 13.1 Å². The summed E-state index contributed by atoms with van der Waals surface area (Å²) in [5.41, 5.74) is 6.59. The third kappa shape index (κ3) is 3.33. The van der Waals surface area contributed by atoms with Gasteiger partial charge in [0, 0.05) is 24.7 Å². The number of piperidine rings is 1. The summed E-state index contributed by atoms with van der Waals surface area (Å²) in [5.74, 6) is 1.83. The lowest BCUT2D eigenvalue weighted by Crippen LogP contribution is -2.61. The van der Waals surface area contributed by atoms with Crippen LogP contribution in [0.1, 0.15) is 72.1 Å². The molecule has 2 atom stereocenters. The Morgan fingerprint density at radius 2 is 1.79 bits per heavy atom. The zero-order valence-electron chi connectivity index (χ0n) is 13.3. The summed E-state index contributed by atoms with van der Waals surface area (Å²) >= 11 is 0. The lowest BCUT2D eigenvalue weighted by molar-refractivity contribution is -0.0213. The Bertz CT molecular complexity index is 268. The molecule has 2 unspecified atom stereocenters. The highest BCUT2D eigenvalue weighted by Crippen LogP contribution is 2.41. The van der Waals surface area contributed by atoms with Crippen LogP contribution in [0.3, 0.4) is 0 Å². The fraction of sp³-hybridized carbons (Fsp3) is 1.00. The Balaban J connectivity index is 2.02. The molecule has 2 fully saturated rings. The van der Waals surface area contributed by atoms with E-state index < -0.39 is 0 Å². The van der Waals surface area contributed by atoms with Gasteiger partial charge in [-0.2, -0.15) is 0 Å². The molecular formula is C17H34N2. The largest absolute Gasteiger partial charge is 0.329 e. The molecule has 1 saturated carbocycles. The molecule has 1 saturated heterocycles. The number of hydrogen-bond donors (Lipinski definition) is 1. The van der Waals surface area contributed by atoms with E-state index in [0.29, 0.717) is 5.54 Å². The van der Waals surface area contributed by atoms with Crippen molar-refractivity contribution in [2.45, 2.75) is 83.7 Å². The first-order valence-corrected chi connectivity index (χ1v) is 8.58. The second-order valence-electron chi connectivity index (χ2n) is 7.34. The predicted octanol–water partition coefficient (Wildman–Crippen LogP) is 3.79. The van der Waals surface area contributed by atoms with Crippen molar-refractivity contribution in [3.8, 4) is 0 Å². The monoisotopic (exact) mass is 266 g/mol. The molecule has 112 valence electrons. The van der Waals surface area contributed by atoms with E-state index in [9.17, 15) is 0 Å². The molecule has 2 heteroatoms. The van der Waals surface area contributed by atoms with E-state index in [4.69, 9.17) is 5.73 Å². The van der Waals surface area contributed by atoms with Gasteiger partial charge in [0.15, 0.2) is 0 Å². The molecule has 0 aromatic carbocycles. The first kappa shape index (κ1) is 15.3. The van der Waals surface area contributed by atoms with Gasteiger partial charge in [-0.1, -0.05) is 26.7 Å². The van der Waals surface area contributed by atoms with Crippen LogP contribution in [-0.2, 0) is 0 Å². The smallest absolute Gasteiger partial charge is 0.0334 e. The van der Waals surface area contributed by atoms with Crippen LogP contribution in [0.15, 0.2) is 0 Å². The van der Waals surface area contributed by atoms with E-state index in [0.717, 1.165) is 24.4 Å². The Morgan fingerprint density at radius 3 is 2.37 bits per heavy atom. The lowest BCUT2D eigenvalue weighted by atomic mass is 9.72. The SMILES string of the molecule is CCCC1CCC(CN)(N2CC(C)CCC2C)CC1. The van der Waals surface area contributed by atoms with E-state index >= 15 is 0 Å². The van der Waals surface area contributed by atoms with Gasteiger partial charge in [0.05, 0.1) is 0 Å². The van der Waals surface area contributed by atoms with Crippen molar-refractivity contribution >= 4 is 0 Å². The molecule has 1 aliphatic carbocycles. The van der Waals surface area contributed by atoms with Crippen LogP contribution in [0.5, 0.6) is 0 Å². The van der Waals surface area contributed by atoms with Crippen LogP contribution in [0.4, 0.5) is 0 Å². The van der Waals surface area contributed by atoms with Gasteiger partial charge < -0.3 is 5.73 Å². The van der Waals surface area contributed by atoms with Crippen LogP contribution in [-0.4, -0.2) is 29.6 Å². The molecular weight excluding hydrogens is 232 g/mol. The number of rotatable bonds is 4.